The van der Waals surface area contributed by atoms with Crippen molar-refractivity contribution in [2.24, 2.45) is 0 Å². The largest absolute Gasteiger partial charge is 0.508 e. The number of halogens is 1. The third-order valence-corrected chi connectivity index (χ3v) is 5.06. The van der Waals surface area contributed by atoms with Crippen LogP contribution in [-0.2, 0) is 16.4 Å². The summed E-state index contributed by atoms with van der Waals surface area (Å²) in [4.78, 5) is 0.105. The van der Waals surface area contributed by atoms with Gasteiger partial charge in [-0.3, -0.25) is 0 Å². The number of methoxy groups -OCH3 is 1. The van der Waals surface area contributed by atoms with E-state index in [-0.39, 0.29) is 15.7 Å². The molecule has 0 bridgehead atoms. The monoisotopic (exact) mass is 355 g/mol. The van der Waals surface area contributed by atoms with E-state index < -0.39 is 10.0 Å². The number of sulfonamides is 1. The standard InChI is InChI=1S/C16H18ClNO4S/c1-22-16-9-8-14(11-15(16)17)23(20,21)18-10-2-3-12-4-6-13(19)7-5-12/h4-9,11,18-19H,2-3,10H2,1H3. The molecule has 0 spiro atoms. The number of hydrogen-bond acceptors (Lipinski definition) is 4. The van der Waals surface area contributed by atoms with Crippen molar-refractivity contribution in [2.45, 2.75) is 17.7 Å². The third kappa shape index (κ3) is 4.86. The smallest absolute Gasteiger partial charge is 0.240 e. The summed E-state index contributed by atoms with van der Waals surface area (Å²) >= 11 is 5.95. The number of nitrogens with one attached hydrogen (secondary N) is 1. The van der Waals surface area contributed by atoms with Crippen LogP contribution in [0.2, 0.25) is 5.02 Å². The highest BCUT2D eigenvalue weighted by Crippen LogP contribution is 2.26. The van der Waals surface area contributed by atoms with Crippen molar-refractivity contribution < 1.29 is 18.3 Å². The van der Waals surface area contributed by atoms with Crippen LogP contribution in [0.25, 0.3) is 0 Å². The highest BCUT2D eigenvalue weighted by Gasteiger charge is 2.15. The van der Waals surface area contributed by atoms with E-state index in [2.05, 4.69) is 4.72 Å². The molecule has 2 N–H and O–H groups in total. The number of ether oxygens (including phenoxy) is 1. The fraction of sp³-hybridized carbons (Fsp3) is 0.250. The molecule has 2 aromatic carbocycles. The molecule has 0 saturated heterocycles. The average Bonchev–Trinajstić information content (AvgIpc) is 2.53. The van der Waals surface area contributed by atoms with E-state index in [1.54, 1.807) is 12.1 Å². The van der Waals surface area contributed by atoms with Crippen LogP contribution in [0.4, 0.5) is 0 Å². The van der Waals surface area contributed by atoms with E-state index in [1.165, 1.54) is 25.3 Å². The van der Waals surface area contributed by atoms with E-state index in [9.17, 15) is 13.5 Å². The Balaban J connectivity index is 1.91. The van der Waals surface area contributed by atoms with Crippen molar-refractivity contribution in [3.05, 3.63) is 53.1 Å². The van der Waals surface area contributed by atoms with Crippen LogP contribution in [0.3, 0.4) is 0 Å². The van der Waals surface area contributed by atoms with Crippen LogP contribution in [0.1, 0.15) is 12.0 Å². The van der Waals surface area contributed by atoms with Gasteiger partial charge in [-0.25, -0.2) is 13.1 Å². The lowest BCUT2D eigenvalue weighted by Crippen LogP contribution is -2.25. The van der Waals surface area contributed by atoms with Crippen LogP contribution in [0.5, 0.6) is 11.5 Å². The van der Waals surface area contributed by atoms with E-state index in [0.29, 0.717) is 25.1 Å². The van der Waals surface area contributed by atoms with Gasteiger partial charge in [-0.05, 0) is 48.7 Å². The molecule has 2 rings (SSSR count). The zero-order valence-corrected chi connectivity index (χ0v) is 14.2. The van der Waals surface area contributed by atoms with E-state index in [1.807, 2.05) is 12.1 Å². The Morgan fingerprint density at radius 1 is 1.17 bits per heavy atom. The molecule has 0 aliphatic rings. The van der Waals surface area contributed by atoms with Gasteiger partial charge in [0.2, 0.25) is 10.0 Å². The summed E-state index contributed by atoms with van der Waals surface area (Å²) in [5.41, 5.74) is 1.04. The fourth-order valence-electron chi connectivity index (χ4n) is 2.06. The number of phenols is 1. The number of benzene rings is 2. The van der Waals surface area contributed by atoms with Crippen molar-refractivity contribution in [3.63, 3.8) is 0 Å². The molecule has 23 heavy (non-hydrogen) atoms. The maximum Gasteiger partial charge on any atom is 0.240 e. The normalized spacial score (nSPS) is 11.4. The van der Waals surface area contributed by atoms with Crippen molar-refractivity contribution in [1.82, 2.24) is 4.72 Å². The molecule has 0 aromatic heterocycles. The summed E-state index contributed by atoms with van der Waals surface area (Å²) in [6.07, 6.45) is 1.36. The number of aryl methyl sites for hydroxylation is 1. The average molecular weight is 356 g/mol. The second-order valence-corrected chi connectivity index (χ2v) is 7.14. The maximum absolute atomic E-state index is 12.2. The summed E-state index contributed by atoms with van der Waals surface area (Å²) < 4.78 is 31.9. The first kappa shape index (κ1) is 17.6. The summed E-state index contributed by atoms with van der Waals surface area (Å²) in [5.74, 6) is 0.642. The molecule has 0 aliphatic heterocycles. The molecule has 0 radical (unpaired) electrons. The SMILES string of the molecule is COc1ccc(S(=O)(=O)NCCCc2ccc(O)cc2)cc1Cl. The van der Waals surface area contributed by atoms with Crippen molar-refractivity contribution >= 4 is 21.6 Å². The molecular weight excluding hydrogens is 338 g/mol. The quantitative estimate of drug-likeness (QED) is 0.749. The summed E-state index contributed by atoms with van der Waals surface area (Å²) in [5, 5.41) is 9.46. The number of phenolic OH excluding ortho intramolecular Hbond substituents is 1. The predicted molar refractivity (Wildman–Crippen MR) is 89.6 cm³/mol. The molecule has 0 heterocycles. The Kier molecular flexibility index (Phi) is 5.87. The second-order valence-electron chi connectivity index (χ2n) is 4.96. The Bertz CT molecular complexity index is 760. The first-order valence-electron chi connectivity index (χ1n) is 7.03. The van der Waals surface area contributed by atoms with Crippen LogP contribution < -0.4 is 9.46 Å². The van der Waals surface area contributed by atoms with Gasteiger partial charge in [0.05, 0.1) is 17.0 Å². The minimum atomic E-state index is -3.60. The molecule has 0 atom stereocenters. The molecule has 124 valence electrons. The topological polar surface area (TPSA) is 75.6 Å². The van der Waals surface area contributed by atoms with Gasteiger partial charge in [-0.1, -0.05) is 23.7 Å². The highest BCUT2D eigenvalue weighted by atomic mass is 35.5. The molecule has 0 aliphatic carbocycles. The zero-order chi connectivity index (χ0) is 16.9. The molecule has 0 unspecified atom stereocenters. The molecule has 5 nitrogen and oxygen atoms in total. The summed E-state index contributed by atoms with van der Waals surface area (Å²) in [7, 11) is -2.13. The Morgan fingerprint density at radius 2 is 1.87 bits per heavy atom. The van der Waals surface area contributed by atoms with Gasteiger partial charge in [-0.2, -0.15) is 0 Å². The van der Waals surface area contributed by atoms with Gasteiger partial charge in [0.1, 0.15) is 11.5 Å². The minimum absolute atomic E-state index is 0.105. The van der Waals surface area contributed by atoms with Gasteiger partial charge >= 0.3 is 0 Å². The fourth-order valence-corrected chi connectivity index (χ4v) is 3.48. The Labute approximate surface area is 140 Å². The van der Waals surface area contributed by atoms with E-state index in [4.69, 9.17) is 16.3 Å². The minimum Gasteiger partial charge on any atom is -0.508 e. The predicted octanol–water partition coefficient (Wildman–Crippen LogP) is 2.97. The first-order chi connectivity index (χ1) is 10.9. The van der Waals surface area contributed by atoms with Crippen molar-refractivity contribution in [1.29, 1.82) is 0 Å². The van der Waals surface area contributed by atoms with Gasteiger partial charge in [-0.15, -0.1) is 0 Å². The van der Waals surface area contributed by atoms with Gasteiger partial charge in [0, 0.05) is 6.54 Å². The number of aromatic hydroxyl groups is 1. The molecule has 7 heteroatoms. The van der Waals surface area contributed by atoms with Crippen LogP contribution in [-0.4, -0.2) is 27.2 Å². The lowest BCUT2D eigenvalue weighted by molar-refractivity contribution is 0.414. The van der Waals surface area contributed by atoms with Crippen molar-refractivity contribution in [3.8, 4) is 11.5 Å². The Morgan fingerprint density at radius 3 is 2.48 bits per heavy atom. The highest BCUT2D eigenvalue weighted by molar-refractivity contribution is 7.89. The van der Waals surface area contributed by atoms with Crippen LogP contribution >= 0.6 is 11.6 Å². The number of hydrogen-bond donors (Lipinski definition) is 2. The molecule has 0 amide bonds. The summed E-state index contributed by atoms with van der Waals surface area (Å²) in [6.45, 7) is 0.312. The van der Waals surface area contributed by atoms with Gasteiger partial charge in [0.25, 0.3) is 0 Å². The summed E-state index contributed by atoms with van der Waals surface area (Å²) in [6, 6.07) is 11.2. The molecule has 0 saturated carbocycles. The molecule has 0 fully saturated rings. The number of rotatable bonds is 7. The van der Waals surface area contributed by atoms with Crippen molar-refractivity contribution in [2.75, 3.05) is 13.7 Å². The molecular formula is C16H18ClNO4S. The van der Waals surface area contributed by atoms with Gasteiger partial charge in [0.15, 0.2) is 0 Å². The van der Waals surface area contributed by atoms with E-state index >= 15 is 0 Å². The first-order valence-corrected chi connectivity index (χ1v) is 8.89. The van der Waals surface area contributed by atoms with Crippen LogP contribution in [0.15, 0.2) is 47.4 Å². The second kappa shape index (κ2) is 7.68. The molecule has 2 aromatic rings. The van der Waals surface area contributed by atoms with Gasteiger partial charge < -0.3 is 9.84 Å². The van der Waals surface area contributed by atoms with E-state index in [0.717, 1.165) is 5.56 Å². The zero-order valence-electron chi connectivity index (χ0n) is 12.6. The lowest BCUT2D eigenvalue weighted by Gasteiger charge is -2.09. The maximum atomic E-state index is 12.2. The lowest BCUT2D eigenvalue weighted by atomic mass is 10.1. The van der Waals surface area contributed by atoms with Crippen LogP contribution in [0, 0.1) is 0 Å². The third-order valence-electron chi connectivity index (χ3n) is 3.30. The Hall–Kier alpha value is -1.76.